The molecule has 0 radical (unpaired) electrons. The van der Waals surface area contributed by atoms with Gasteiger partial charge in [-0.25, -0.2) is 14.8 Å². The van der Waals surface area contributed by atoms with Crippen LogP contribution in [0.25, 0.3) is 0 Å². The van der Waals surface area contributed by atoms with Gasteiger partial charge in [0.05, 0.1) is 5.69 Å². The van der Waals surface area contributed by atoms with Gasteiger partial charge in [-0.05, 0) is 25.7 Å². The van der Waals surface area contributed by atoms with E-state index in [2.05, 4.69) is 20.4 Å². The van der Waals surface area contributed by atoms with E-state index >= 15 is 0 Å². The Morgan fingerprint density at radius 2 is 2.48 bits per heavy atom. The van der Waals surface area contributed by atoms with E-state index in [1.54, 1.807) is 6.33 Å². The second-order valence-electron chi connectivity index (χ2n) is 5.30. The number of hydrogen-bond donors (Lipinski definition) is 1. The maximum absolute atomic E-state index is 12.3. The first-order chi connectivity index (χ1) is 10.2. The van der Waals surface area contributed by atoms with E-state index in [1.807, 2.05) is 21.9 Å². The van der Waals surface area contributed by atoms with Crippen LogP contribution in [0.4, 0.5) is 9.93 Å². The van der Waals surface area contributed by atoms with Crippen molar-refractivity contribution in [2.45, 2.75) is 26.3 Å². The number of urea groups is 1. The van der Waals surface area contributed by atoms with Gasteiger partial charge in [0.1, 0.15) is 12.7 Å². The zero-order chi connectivity index (χ0) is 14.7. The van der Waals surface area contributed by atoms with Gasteiger partial charge >= 0.3 is 6.03 Å². The number of nitrogens with one attached hydrogen (secondary N) is 1. The topological polar surface area (TPSA) is 75.9 Å². The number of piperidine rings is 1. The fourth-order valence-corrected chi connectivity index (χ4v) is 3.25. The molecule has 8 heteroatoms. The average molecular weight is 306 g/mol. The fraction of sp³-hybridized carbons (Fsp3) is 0.538. The summed E-state index contributed by atoms with van der Waals surface area (Å²) in [5, 5.41) is 9.59. The van der Waals surface area contributed by atoms with Crippen LogP contribution < -0.4 is 5.32 Å². The van der Waals surface area contributed by atoms with Crippen LogP contribution in [0.3, 0.4) is 0 Å². The Balaban J connectivity index is 1.56. The highest BCUT2D eigenvalue weighted by molar-refractivity contribution is 7.13. The molecule has 1 fully saturated rings. The van der Waals surface area contributed by atoms with Crippen molar-refractivity contribution in [3.05, 3.63) is 23.7 Å². The molecule has 1 unspecified atom stereocenters. The van der Waals surface area contributed by atoms with Crippen molar-refractivity contribution in [3.63, 3.8) is 0 Å². The summed E-state index contributed by atoms with van der Waals surface area (Å²) in [4.78, 5) is 22.3. The Morgan fingerprint density at radius 3 is 3.19 bits per heavy atom. The molecule has 0 saturated carbocycles. The Bertz CT molecular complexity index is 596. The predicted octanol–water partition coefficient (Wildman–Crippen LogP) is 1.99. The Morgan fingerprint density at radius 1 is 1.57 bits per heavy atom. The van der Waals surface area contributed by atoms with Crippen molar-refractivity contribution in [2.75, 3.05) is 18.4 Å². The molecule has 7 nitrogen and oxygen atoms in total. The van der Waals surface area contributed by atoms with Crippen LogP contribution >= 0.6 is 11.3 Å². The first-order valence-electron chi connectivity index (χ1n) is 7.01. The van der Waals surface area contributed by atoms with Gasteiger partial charge in [-0.15, -0.1) is 11.3 Å². The van der Waals surface area contributed by atoms with Crippen LogP contribution in [0.5, 0.6) is 0 Å². The molecule has 21 heavy (non-hydrogen) atoms. The van der Waals surface area contributed by atoms with E-state index in [0.717, 1.165) is 38.2 Å². The van der Waals surface area contributed by atoms with Crippen LogP contribution in [-0.2, 0) is 6.54 Å². The molecule has 1 aliphatic heterocycles. The van der Waals surface area contributed by atoms with E-state index in [1.165, 1.54) is 17.7 Å². The van der Waals surface area contributed by atoms with Crippen LogP contribution in [-0.4, -0.2) is 43.8 Å². The summed E-state index contributed by atoms with van der Waals surface area (Å²) < 4.78 is 1.83. The molecular weight excluding hydrogens is 288 g/mol. The number of nitrogens with zero attached hydrogens (tertiary/aromatic N) is 5. The van der Waals surface area contributed by atoms with Crippen LogP contribution in [0, 0.1) is 12.8 Å². The summed E-state index contributed by atoms with van der Waals surface area (Å²) in [5.74, 6) is 0.421. The van der Waals surface area contributed by atoms with Crippen LogP contribution in [0.1, 0.15) is 18.5 Å². The molecule has 3 heterocycles. The summed E-state index contributed by atoms with van der Waals surface area (Å²) in [6.45, 7) is 4.27. The molecule has 0 aliphatic carbocycles. The molecule has 2 amide bonds. The van der Waals surface area contributed by atoms with Gasteiger partial charge in [0, 0.05) is 25.0 Å². The molecule has 2 aromatic rings. The summed E-state index contributed by atoms with van der Waals surface area (Å²) in [5.41, 5.74) is 0.929. The van der Waals surface area contributed by atoms with Crippen molar-refractivity contribution in [1.29, 1.82) is 0 Å². The third-order valence-corrected chi connectivity index (χ3v) is 4.43. The minimum atomic E-state index is -0.0624. The number of aryl methyl sites for hydroxylation is 1. The lowest BCUT2D eigenvalue weighted by molar-refractivity contribution is 0.168. The number of hydrogen-bond acceptors (Lipinski definition) is 5. The second kappa shape index (κ2) is 6.21. The van der Waals surface area contributed by atoms with E-state index in [9.17, 15) is 4.79 Å². The third-order valence-electron chi connectivity index (χ3n) is 3.55. The number of rotatable bonds is 3. The van der Waals surface area contributed by atoms with Gasteiger partial charge in [-0.3, -0.25) is 10.00 Å². The monoisotopic (exact) mass is 306 g/mol. The van der Waals surface area contributed by atoms with Gasteiger partial charge < -0.3 is 4.90 Å². The molecular formula is C13H18N6OS. The maximum Gasteiger partial charge on any atom is 0.323 e. The molecule has 3 rings (SSSR count). The van der Waals surface area contributed by atoms with Gasteiger partial charge in [0.25, 0.3) is 0 Å². The average Bonchev–Trinajstić information content (AvgIpc) is 3.11. The minimum Gasteiger partial charge on any atom is -0.324 e. The zero-order valence-electron chi connectivity index (χ0n) is 11.9. The summed E-state index contributed by atoms with van der Waals surface area (Å²) in [6, 6.07) is -0.0624. The number of carbonyl (C=O) groups excluding carboxylic acids is 1. The Kier molecular flexibility index (Phi) is 4.14. The lowest BCUT2D eigenvalue weighted by Crippen LogP contribution is -2.43. The van der Waals surface area contributed by atoms with Crippen molar-refractivity contribution in [2.24, 2.45) is 5.92 Å². The maximum atomic E-state index is 12.3. The zero-order valence-corrected chi connectivity index (χ0v) is 12.7. The highest BCUT2D eigenvalue weighted by Crippen LogP contribution is 2.20. The SMILES string of the molecule is Cc1csc(NC(=O)N2CCCC(Cn3cncn3)C2)n1. The Labute approximate surface area is 127 Å². The van der Waals surface area contributed by atoms with Gasteiger partial charge in [-0.1, -0.05) is 0 Å². The van der Waals surface area contributed by atoms with E-state index < -0.39 is 0 Å². The van der Waals surface area contributed by atoms with Crippen molar-refractivity contribution in [3.8, 4) is 0 Å². The van der Waals surface area contributed by atoms with E-state index in [0.29, 0.717) is 11.0 Å². The minimum absolute atomic E-state index is 0.0624. The largest absolute Gasteiger partial charge is 0.324 e. The Hall–Kier alpha value is -1.96. The molecule has 112 valence electrons. The van der Waals surface area contributed by atoms with Gasteiger partial charge in [-0.2, -0.15) is 5.10 Å². The molecule has 1 aliphatic rings. The van der Waals surface area contributed by atoms with Crippen molar-refractivity contribution < 1.29 is 4.79 Å². The number of carbonyl (C=O) groups is 1. The molecule has 0 aromatic carbocycles. The second-order valence-corrected chi connectivity index (χ2v) is 6.15. The molecule has 2 aromatic heterocycles. The van der Waals surface area contributed by atoms with Crippen LogP contribution in [0.15, 0.2) is 18.0 Å². The third kappa shape index (κ3) is 3.57. The summed E-state index contributed by atoms with van der Waals surface area (Å²) in [6.07, 6.45) is 5.39. The number of anilines is 1. The molecule has 0 bridgehead atoms. The predicted molar refractivity (Wildman–Crippen MR) is 80.2 cm³/mol. The number of likely N-dealkylation sites (tertiary alicyclic amines) is 1. The lowest BCUT2D eigenvalue weighted by Gasteiger charge is -2.32. The van der Waals surface area contributed by atoms with Crippen molar-refractivity contribution >= 4 is 22.5 Å². The fourth-order valence-electron chi connectivity index (χ4n) is 2.57. The number of amides is 2. The van der Waals surface area contributed by atoms with Gasteiger partial charge in [0.15, 0.2) is 5.13 Å². The first kappa shape index (κ1) is 14.0. The van der Waals surface area contributed by atoms with Crippen LogP contribution in [0.2, 0.25) is 0 Å². The number of thiazole rings is 1. The normalized spacial score (nSPS) is 18.7. The number of aromatic nitrogens is 4. The first-order valence-corrected chi connectivity index (χ1v) is 7.89. The molecule has 1 atom stereocenters. The summed E-state index contributed by atoms with van der Waals surface area (Å²) >= 11 is 1.45. The molecule has 0 spiro atoms. The highest BCUT2D eigenvalue weighted by atomic mass is 32.1. The van der Waals surface area contributed by atoms with Crippen molar-refractivity contribution in [1.82, 2.24) is 24.6 Å². The summed E-state index contributed by atoms with van der Waals surface area (Å²) in [7, 11) is 0. The smallest absolute Gasteiger partial charge is 0.323 e. The lowest BCUT2D eigenvalue weighted by atomic mass is 9.98. The standard InChI is InChI=1S/C13H18N6OS/c1-10-7-21-12(16-10)17-13(20)18-4-2-3-11(5-18)6-19-9-14-8-15-19/h7-9,11H,2-6H2,1H3,(H,16,17,20). The highest BCUT2D eigenvalue weighted by Gasteiger charge is 2.24. The van der Waals surface area contributed by atoms with E-state index in [-0.39, 0.29) is 6.03 Å². The molecule has 1 saturated heterocycles. The van der Waals surface area contributed by atoms with Gasteiger partial charge in [0.2, 0.25) is 0 Å². The quantitative estimate of drug-likeness (QED) is 0.941. The molecule has 1 N–H and O–H groups in total. The van der Waals surface area contributed by atoms with E-state index in [4.69, 9.17) is 0 Å².